The standard InChI is InChI=1S/C24H29N9O3/c1-4-32-21-19(27-23(32)26-18(34)14-25-2)20(31-10-12-36-13-11-31)28-24(29-21)33-15-17(22(30-33)35-3)16-8-6-5-7-9-16/h5-9,15,25H,4,10-14H2,1-3H3,(H,26,27,34). The molecule has 1 saturated heterocycles. The molecule has 188 valence electrons. The molecular formula is C24H29N9O3. The largest absolute Gasteiger partial charge is 0.479 e. The number of nitrogens with zero attached hydrogens (tertiary/aromatic N) is 7. The molecular weight excluding hydrogens is 462 g/mol. The molecule has 0 spiro atoms. The fraction of sp³-hybridized carbons (Fsp3) is 0.375. The highest BCUT2D eigenvalue weighted by molar-refractivity contribution is 5.94. The van der Waals surface area contributed by atoms with Crippen LogP contribution in [0.4, 0.5) is 11.8 Å². The highest BCUT2D eigenvalue weighted by Gasteiger charge is 2.25. The van der Waals surface area contributed by atoms with E-state index in [2.05, 4.69) is 20.6 Å². The van der Waals surface area contributed by atoms with Crippen molar-refractivity contribution in [2.24, 2.45) is 0 Å². The summed E-state index contributed by atoms with van der Waals surface area (Å²) in [5, 5.41) is 10.4. The topological polar surface area (TPSA) is 124 Å². The number of rotatable bonds is 8. The van der Waals surface area contributed by atoms with Gasteiger partial charge in [0.05, 0.1) is 32.4 Å². The number of hydrogen-bond donors (Lipinski definition) is 2. The van der Waals surface area contributed by atoms with Crippen molar-refractivity contribution < 1.29 is 14.3 Å². The molecule has 2 N–H and O–H groups in total. The maximum atomic E-state index is 12.3. The number of benzene rings is 1. The number of nitrogens with one attached hydrogen (secondary N) is 2. The third kappa shape index (κ3) is 4.48. The summed E-state index contributed by atoms with van der Waals surface area (Å²) in [6.07, 6.45) is 1.86. The lowest BCUT2D eigenvalue weighted by molar-refractivity contribution is -0.115. The molecule has 1 aliphatic rings. The highest BCUT2D eigenvalue weighted by atomic mass is 16.5. The predicted molar refractivity (Wildman–Crippen MR) is 136 cm³/mol. The monoisotopic (exact) mass is 491 g/mol. The molecule has 12 nitrogen and oxygen atoms in total. The van der Waals surface area contributed by atoms with Gasteiger partial charge < -0.3 is 19.7 Å². The molecule has 0 unspecified atom stereocenters. The first kappa shape index (κ1) is 23.7. The van der Waals surface area contributed by atoms with E-state index >= 15 is 0 Å². The van der Waals surface area contributed by atoms with Gasteiger partial charge in [0, 0.05) is 25.8 Å². The second kappa shape index (κ2) is 10.3. The fourth-order valence-corrected chi connectivity index (χ4v) is 4.22. The summed E-state index contributed by atoms with van der Waals surface area (Å²) in [5.74, 6) is 1.77. The maximum Gasteiger partial charge on any atom is 0.254 e. The van der Waals surface area contributed by atoms with Crippen LogP contribution in [0.2, 0.25) is 0 Å². The smallest absolute Gasteiger partial charge is 0.254 e. The number of carbonyl (C=O) groups excluding carboxylic acids is 1. The Morgan fingerprint density at radius 1 is 1.14 bits per heavy atom. The van der Waals surface area contributed by atoms with Gasteiger partial charge in [0.15, 0.2) is 17.0 Å². The zero-order valence-electron chi connectivity index (χ0n) is 20.6. The first-order valence-corrected chi connectivity index (χ1v) is 11.9. The third-order valence-electron chi connectivity index (χ3n) is 5.94. The van der Waals surface area contributed by atoms with E-state index in [-0.39, 0.29) is 12.5 Å². The van der Waals surface area contributed by atoms with E-state index in [4.69, 9.17) is 24.4 Å². The zero-order chi connectivity index (χ0) is 25.1. The lowest BCUT2D eigenvalue weighted by atomic mass is 10.1. The predicted octanol–water partition coefficient (Wildman–Crippen LogP) is 1.70. The number of imidazole rings is 1. The summed E-state index contributed by atoms with van der Waals surface area (Å²) in [6, 6.07) is 9.90. The van der Waals surface area contributed by atoms with E-state index in [0.717, 1.165) is 11.1 Å². The minimum absolute atomic E-state index is 0.176. The van der Waals surface area contributed by atoms with Crippen LogP contribution in [0.3, 0.4) is 0 Å². The number of aryl methyl sites for hydroxylation is 1. The second-order valence-corrected chi connectivity index (χ2v) is 8.24. The number of methoxy groups -OCH3 is 1. The Hall–Kier alpha value is -4.03. The quantitative estimate of drug-likeness (QED) is 0.379. The molecule has 3 aromatic heterocycles. The van der Waals surface area contributed by atoms with E-state index in [1.54, 1.807) is 18.8 Å². The van der Waals surface area contributed by atoms with Crippen molar-refractivity contribution >= 4 is 28.8 Å². The van der Waals surface area contributed by atoms with Crippen molar-refractivity contribution in [3.63, 3.8) is 0 Å². The lowest BCUT2D eigenvalue weighted by Crippen LogP contribution is -2.37. The summed E-state index contributed by atoms with van der Waals surface area (Å²) in [4.78, 5) is 28.9. The Morgan fingerprint density at radius 2 is 1.92 bits per heavy atom. The van der Waals surface area contributed by atoms with Crippen LogP contribution in [-0.4, -0.2) is 82.2 Å². The first-order valence-electron chi connectivity index (χ1n) is 11.9. The minimum atomic E-state index is -0.187. The van der Waals surface area contributed by atoms with E-state index < -0.39 is 0 Å². The molecule has 4 aromatic rings. The molecule has 36 heavy (non-hydrogen) atoms. The Labute approximate surface area is 208 Å². The SMILES string of the molecule is CCn1c(NC(=O)CNC)nc2c(N3CCOCC3)nc(-n3cc(-c4ccccc4)c(OC)n3)nc21. The van der Waals surface area contributed by atoms with Crippen LogP contribution >= 0.6 is 0 Å². The molecule has 4 heterocycles. The molecule has 5 rings (SSSR count). The summed E-state index contributed by atoms with van der Waals surface area (Å²) in [7, 11) is 3.31. The first-order chi connectivity index (χ1) is 17.6. The average molecular weight is 492 g/mol. The average Bonchev–Trinajstić information content (AvgIpc) is 3.50. The van der Waals surface area contributed by atoms with Gasteiger partial charge in [-0.15, -0.1) is 5.10 Å². The molecule has 1 aromatic carbocycles. The molecule has 1 fully saturated rings. The van der Waals surface area contributed by atoms with Gasteiger partial charge in [-0.25, -0.2) is 9.67 Å². The van der Waals surface area contributed by atoms with Crippen molar-refractivity contribution in [2.75, 3.05) is 57.2 Å². The normalized spacial score (nSPS) is 13.8. The van der Waals surface area contributed by atoms with Crippen LogP contribution in [0.25, 0.3) is 28.2 Å². The Morgan fingerprint density at radius 3 is 2.61 bits per heavy atom. The van der Waals surface area contributed by atoms with Crippen molar-refractivity contribution in [1.82, 2.24) is 34.6 Å². The summed E-state index contributed by atoms with van der Waals surface area (Å²) in [5.41, 5.74) is 3.03. The number of hydrogen-bond acceptors (Lipinski definition) is 9. The van der Waals surface area contributed by atoms with Crippen LogP contribution in [0.1, 0.15) is 6.92 Å². The number of ether oxygens (including phenoxy) is 2. The van der Waals surface area contributed by atoms with Crippen molar-refractivity contribution in [2.45, 2.75) is 13.5 Å². The molecule has 0 saturated carbocycles. The Kier molecular flexibility index (Phi) is 6.78. The van der Waals surface area contributed by atoms with Crippen molar-refractivity contribution in [1.29, 1.82) is 0 Å². The highest BCUT2D eigenvalue weighted by Crippen LogP contribution is 2.31. The Balaban J connectivity index is 1.67. The van der Waals surface area contributed by atoms with Crippen LogP contribution in [-0.2, 0) is 16.1 Å². The number of aromatic nitrogens is 6. The van der Waals surface area contributed by atoms with Gasteiger partial charge in [-0.3, -0.25) is 14.7 Å². The van der Waals surface area contributed by atoms with Gasteiger partial charge in [0.25, 0.3) is 5.95 Å². The summed E-state index contributed by atoms with van der Waals surface area (Å²) < 4.78 is 14.6. The molecule has 0 radical (unpaired) electrons. The number of amides is 1. The Bertz CT molecular complexity index is 1360. The molecule has 1 aliphatic heterocycles. The molecule has 1 amide bonds. The van der Waals surface area contributed by atoms with Gasteiger partial charge in [-0.1, -0.05) is 30.3 Å². The number of likely N-dealkylation sites (N-methyl/N-ethyl adjacent to an activating group) is 1. The summed E-state index contributed by atoms with van der Waals surface area (Å²) >= 11 is 0. The van der Waals surface area contributed by atoms with Crippen LogP contribution in [0.15, 0.2) is 36.5 Å². The second-order valence-electron chi connectivity index (χ2n) is 8.24. The minimum Gasteiger partial charge on any atom is -0.479 e. The van der Waals surface area contributed by atoms with E-state index in [1.165, 1.54) is 0 Å². The van der Waals surface area contributed by atoms with Gasteiger partial charge >= 0.3 is 0 Å². The van der Waals surface area contributed by atoms with Crippen LogP contribution < -0.4 is 20.3 Å². The third-order valence-corrected chi connectivity index (χ3v) is 5.94. The molecule has 0 bridgehead atoms. The number of fused-ring (bicyclic) bond motifs is 1. The van der Waals surface area contributed by atoms with Gasteiger partial charge in [0.1, 0.15) is 0 Å². The van der Waals surface area contributed by atoms with E-state index in [9.17, 15) is 4.79 Å². The number of anilines is 2. The van der Waals surface area contributed by atoms with Crippen molar-refractivity contribution in [3.05, 3.63) is 36.5 Å². The van der Waals surface area contributed by atoms with Gasteiger partial charge in [-0.05, 0) is 19.5 Å². The zero-order valence-corrected chi connectivity index (χ0v) is 20.6. The number of morpholine rings is 1. The van der Waals surface area contributed by atoms with Crippen molar-refractivity contribution in [3.8, 4) is 23.0 Å². The lowest BCUT2D eigenvalue weighted by Gasteiger charge is -2.28. The molecule has 12 heteroatoms. The van der Waals surface area contributed by atoms with E-state index in [1.807, 2.05) is 48.0 Å². The number of carbonyl (C=O) groups is 1. The van der Waals surface area contributed by atoms with Crippen LogP contribution in [0.5, 0.6) is 5.88 Å². The molecule has 0 atom stereocenters. The maximum absolute atomic E-state index is 12.3. The molecule has 0 aliphatic carbocycles. The fourth-order valence-electron chi connectivity index (χ4n) is 4.22. The van der Waals surface area contributed by atoms with Gasteiger partial charge in [-0.2, -0.15) is 9.97 Å². The summed E-state index contributed by atoms with van der Waals surface area (Å²) in [6.45, 7) is 5.24. The van der Waals surface area contributed by atoms with Crippen LogP contribution in [0, 0.1) is 0 Å². The van der Waals surface area contributed by atoms with E-state index in [0.29, 0.717) is 67.6 Å². The van der Waals surface area contributed by atoms with Gasteiger partial charge in [0.2, 0.25) is 17.7 Å².